The molecule has 1 unspecified atom stereocenters. The van der Waals surface area contributed by atoms with Crippen LogP contribution in [0.15, 0.2) is 12.2 Å². The number of nitrogens with zero attached hydrogens (tertiary/aromatic N) is 1. The van der Waals surface area contributed by atoms with E-state index in [0.29, 0.717) is 25.0 Å². The van der Waals surface area contributed by atoms with Gasteiger partial charge in [0, 0.05) is 19.4 Å². The Kier molecular flexibility index (Phi) is 7.10. The van der Waals surface area contributed by atoms with Crippen molar-refractivity contribution < 1.29 is 23.8 Å². The lowest BCUT2D eigenvalue weighted by atomic mass is 9.89. The van der Waals surface area contributed by atoms with Gasteiger partial charge in [0.25, 0.3) is 0 Å². The zero-order valence-corrected chi connectivity index (χ0v) is 15.9. The van der Waals surface area contributed by atoms with Gasteiger partial charge in [-0.1, -0.05) is 12.2 Å². The minimum atomic E-state index is -1.16. The van der Waals surface area contributed by atoms with Crippen LogP contribution in [0.1, 0.15) is 40.0 Å². The highest BCUT2D eigenvalue weighted by atomic mass is 35.5. The van der Waals surface area contributed by atoms with E-state index in [4.69, 9.17) is 25.8 Å². The summed E-state index contributed by atoms with van der Waals surface area (Å²) in [7, 11) is 2.87. The number of methoxy groups -OCH3 is 2. The molecule has 2 atom stereocenters. The Labute approximate surface area is 149 Å². The first-order valence-electron chi connectivity index (χ1n) is 7.93. The molecule has 1 aliphatic rings. The zero-order valence-electron chi connectivity index (χ0n) is 15.2. The summed E-state index contributed by atoms with van der Waals surface area (Å²) in [6.45, 7) is 9.54. The number of esters is 1. The normalized spacial score (nSPS) is 23.9. The predicted octanol–water partition coefficient (Wildman–Crippen LogP) is 3.13. The quantitative estimate of drug-likeness (QED) is 0.413. The van der Waals surface area contributed by atoms with E-state index in [1.807, 2.05) is 0 Å². The van der Waals surface area contributed by atoms with Gasteiger partial charge in [-0.15, -0.1) is 11.6 Å². The Morgan fingerprint density at radius 1 is 1.33 bits per heavy atom. The summed E-state index contributed by atoms with van der Waals surface area (Å²) < 4.78 is 15.8. The third-order valence-electron chi connectivity index (χ3n) is 3.96. The van der Waals surface area contributed by atoms with Crippen LogP contribution in [0.3, 0.4) is 0 Å². The molecule has 7 heteroatoms. The second kappa shape index (κ2) is 8.21. The lowest BCUT2D eigenvalue weighted by Crippen LogP contribution is -2.58. The standard InChI is InChI=1S/C17H28ClNO5/c1-12(10-18)9-17(14(20)23-6)8-7-13(11-22-5)19(17)15(21)24-16(2,3)4/h13H,1,7-11H2,2-6H3/t13-,17?/m0/s1. The highest BCUT2D eigenvalue weighted by Gasteiger charge is 2.56. The van der Waals surface area contributed by atoms with Gasteiger partial charge >= 0.3 is 12.1 Å². The van der Waals surface area contributed by atoms with E-state index in [9.17, 15) is 9.59 Å². The molecular formula is C17H28ClNO5. The lowest BCUT2D eigenvalue weighted by Gasteiger charge is -2.39. The molecule has 0 radical (unpaired) electrons. The number of amides is 1. The van der Waals surface area contributed by atoms with E-state index >= 15 is 0 Å². The van der Waals surface area contributed by atoms with Crippen LogP contribution in [-0.2, 0) is 19.0 Å². The largest absolute Gasteiger partial charge is 0.467 e. The van der Waals surface area contributed by atoms with Crippen molar-refractivity contribution in [2.45, 2.75) is 57.2 Å². The molecule has 0 aliphatic carbocycles. The molecule has 24 heavy (non-hydrogen) atoms. The molecule has 0 N–H and O–H groups in total. The van der Waals surface area contributed by atoms with Crippen molar-refractivity contribution in [3.8, 4) is 0 Å². The maximum absolute atomic E-state index is 12.8. The molecule has 1 aliphatic heterocycles. The van der Waals surface area contributed by atoms with Crippen molar-refractivity contribution in [3.05, 3.63) is 12.2 Å². The monoisotopic (exact) mass is 361 g/mol. The fraction of sp³-hybridized carbons (Fsp3) is 0.765. The van der Waals surface area contributed by atoms with Gasteiger partial charge in [-0.25, -0.2) is 9.59 Å². The number of rotatable bonds is 6. The Hall–Kier alpha value is -1.27. The highest BCUT2D eigenvalue weighted by molar-refractivity contribution is 6.19. The van der Waals surface area contributed by atoms with Crippen molar-refractivity contribution in [1.29, 1.82) is 0 Å². The van der Waals surface area contributed by atoms with Crippen LogP contribution < -0.4 is 0 Å². The molecule has 0 spiro atoms. The zero-order chi connectivity index (χ0) is 18.5. The molecule has 1 fully saturated rings. The van der Waals surface area contributed by atoms with Gasteiger partial charge in [0.05, 0.1) is 19.8 Å². The molecule has 1 saturated heterocycles. The van der Waals surface area contributed by atoms with Crippen molar-refractivity contribution in [3.63, 3.8) is 0 Å². The maximum Gasteiger partial charge on any atom is 0.411 e. The van der Waals surface area contributed by atoms with Gasteiger partial charge in [-0.05, 0) is 33.6 Å². The topological polar surface area (TPSA) is 65.1 Å². The van der Waals surface area contributed by atoms with Gasteiger partial charge in [0.1, 0.15) is 11.1 Å². The molecule has 138 valence electrons. The minimum absolute atomic E-state index is 0.204. The van der Waals surface area contributed by atoms with E-state index in [1.54, 1.807) is 27.9 Å². The Balaban J connectivity index is 3.28. The number of hydrogen-bond donors (Lipinski definition) is 0. The van der Waals surface area contributed by atoms with E-state index < -0.39 is 23.2 Å². The van der Waals surface area contributed by atoms with Crippen LogP contribution in [0.2, 0.25) is 0 Å². The van der Waals surface area contributed by atoms with Gasteiger partial charge in [-0.3, -0.25) is 4.90 Å². The second-order valence-corrected chi connectivity index (χ2v) is 7.35. The Morgan fingerprint density at radius 3 is 2.42 bits per heavy atom. The SMILES string of the molecule is C=C(CCl)CC1(C(=O)OC)CC[C@@H](COC)N1C(=O)OC(C)(C)C. The van der Waals surface area contributed by atoms with E-state index in [1.165, 1.54) is 12.0 Å². The number of carbonyl (C=O) groups excluding carboxylic acids is 2. The highest BCUT2D eigenvalue weighted by Crippen LogP contribution is 2.41. The number of halogens is 1. The summed E-state index contributed by atoms with van der Waals surface area (Å²) in [5.74, 6) is -0.284. The molecule has 1 heterocycles. The molecule has 6 nitrogen and oxygen atoms in total. The fourth-order valence-corrected chi connectivity index (χ4v) is 3.18. The van der Waals surface area contributed by atoms with Crippen molar-refractivity contribution in [2.75, 3.05) is 26.7 Å². The van der Waals surface area contributed by atoms with E-state index in [0.717, 1.165) is 0 Å². The van der Waals surface area contributed by atoms with Gasteiger partial charge in [-0.2, -0.15) is 0 Å². The third-order valence-corrected chi connectivity index (χ3v) is 4.34. The molecule has 0 aromatic rings. The predicted molar refractivity (Wildman–Crippen MR) is 92.2 cm³/mol. The molecule has 1 rings (SSSR count). The first kappa shape index (κ1) is 20.8. The number of carbonyl (C=O) groups is 2. The summed E-state index contributed by atoms with van der Waals surface area (Å²) in [5, 5.41) is 0. The van der Waals surface area contributed by atoms with Crippen LogP contribution >= 0.6 is 11.6 Å². The molecular weight excluding hydrogens is 334 g/mol. The van der Waals surface area contributed by atoms with Gasteiger partial charge in [0.15, 0.2) is 0 Å². The smallest absolute Gasteiger partial charge is 0.411 e. The van der Waals surface area contributed by atoms with Crippen LogP contribution in [0.5, 0.6) is 0 Å². The van der Waals surface area contributed by atoms with E-state index in [2.05, 4.69) is 6.58 Å². The first-order valence-corrected chi connectivity index (χ1v) is 8.47. The Morgan fingerprint density at radius 2 is 1.96 bits per heavy atom. The summed E-state index contributed by atoms with van der Waals surface area (Å²) in [5.41, 5.74) is -1.18. The molecule has 1 amide bonds. The summed E-state index contributed by atoms with van der Waals surface area (Å²) in [6.07, 6.45) is 0.735. The average molecular weight is 362 g/mol. The minimum Gasteiger partial charge on any atom is -0.467 e. The molecule has 0 aromatic carbocycles. The first-order chi connectivity index (χ1) is 11.1. The van der Waals surface area contributed by atoms with Crippen molar-refractivity contribution in [1.82, 2.24) is 4.90 Å². The number of alkyl halides is 1. The number of hydrogen-bond acceptors (Lipinski definition) is 5. The van der Waals surface area contributed by atoms with Gasteiger partial charge < -0.3 is 14.2 Å². The van der Waals surface area contributed by atoms with Crippen LogP contribution in [0, 0.1) is 0 Å². The second-order valence-electron chi connectivity index (χ2n) is 7.08. The lowest BCUT2D eigenvalue weighted by molar-refractivity contribution is -0.154. The van der Waals surface area contributed by atoms with E-state index in [-0.39, 0.29) is 18.3 Å². The van der Waals surface area contributed by atoms with Crippen LogP contribution in [0.25, 0.3) is 0 Å². The summed E-state index contributed by atoms with van der Waals surface area (Å²) in [4.78, 5) is 26.9. The number of likely N-dealkylation sites (tertiary alicyclic amines) is 1. The maximum atomic E-state index is 12.8. The summed E-state index contributed by atoms with van der Waals surface area (Å²) in [6, 6.07) is -0.271. The molecule has 0 bridgehead atoms. The molecule has 0 saturated carbocycles. The van der Waals surface area contributed by atoms with Gasteiger partial charge in [0.2, 0.25) is 0 Å². The third kappa shape index (κ3) is 4.63. The Bertz CT molecular complexity index is 488. The number of ether oxygens (including phenoxy) is 3. The van der Waals surface area contributed by atoms with Crippen molar-refractivity contribution in [2.24, 2.45) is 0 Å². The fourth-order valence-electron chi connectivity index (χ4n) is 3.09. The van der Waals surface area contributed by atoms with Crippen LogP contribution in [0.4, 0.5) is 4.79 Å². The average Bonchev–Trinajstić information content (AvgIpc) is 2.84. The van der Waals surface area contributed by atoms with Crippen molar-refractivity contribution >= 4 is 23.7 Å². The summed E-state index contributed by atoms with van der Waals surface area (Å²) >= 11 is 5.86. The van der Waals surface area contributed by atoms with Crippen LogP contribution in [-0.4, -0.2) is 60.9 Å². The molecule has 0 aromatic heterocycles.